The predicted octanol–water partition coefficient (Wildman–Crippen LogP) is -1.72. The number of phosphoric ester groups is 1. The standard InChI is InChI=1S/C10H13FN5O7P/c11-10-14-7(12)4-8(15-10)16(2-13-4)9-6(18)5(17)3(23-9)1-22-24(19,20)21/h2-3,5-6,9,17-18H,1H2,(H2,12,14,15)(H2,19,20,21)/t3-,5-,6+,9+/m0/s1. The summed E-state index contributed by atoms with van der Waals surface area (Å²) in [6.07, 6.45) is -5.46. The molecule has 12 nitrogen and oxygen atoms in total. The zero-order chi connectivity index (χ0) is 17.6. The Morgan fingerprint density at radius 2 is 2.08 bits per heavy atom. The van der Waals surface area contributed by atoms with Crippen molar-refractivity contribution in [1.82, 2.24) is 19.5 Å². The quantitative estimate of drug-likeness (QED) is 0.306. The van der Waals surface area contributed by atoms with Crippen LogP contribution in [0.3, 0.4) is 0 Å². The highest BCUT2D eigenvalue weighted by Gasteiger charge is 2.45. The highest BCUT2D eigenvalue weighted by atomic mass is 31.2. The smallest absolute Gasteiger partial charge is 0.387 e. The topological polar surface area (TPSA) is 186 Å². The number of imidazole rings is 1. The summed E-state index contributed by atoms with van der Waals surface area (Å²) in [6.45, 7) is -0.670. The van der Waals surface area contributed by atoms with Crippen molar-refractivity contribution in [2.45, 2.75) is 24.5 Å². The van der Waals surface area contributed by atoms with Gasteiger partial charge in [-0.3, -0.25) is 9.09 Å². The molecule has 0 aromatic carbocycles. The highest BCUT2D eigenvalue weighted by molar-refractivity contribution is 7.46. The summed E-state index contributed by atoms with van der Waals surface area (Å²) in [5.74, 6) is -0.217. The van der Waals surface area contributed by atoms with Gasteiger partial charge < -0.3 is 30.5 Å². The number of fused-ring (bicyclic) bond motifs is 1. The monoisotopic (exact) mass is 365 g/mol. The first-order valence-electron chi connectivity index (χ1n) is 6.54. The number of phosphoric acid groups is 1. The van der Waals surface area contributed by atoms with E-state index in [9.17, 15) is 19.2 Å². The van der Waals surface area contributed by atoms with E-state index in [1.54, 1.807) is 0 Å². The average molecular weight is 365 g/mol. The molecule has 0 unspecified atom stereocenters. The van der Waals surface area contributed by atoms with Crippen LogP contribution in [0.4, 0.5) is 10.2 Å². The van der Waals surface area contributed by atoms with Gasteiger partial charge in [-0.2, -0.15) is 14.4 Å². The molecule has 0 bridgehead atoms. The van der Waals surface area contributed by atoms with Crippen LogP contribution in [0.5, 0.6) is 0 Å². The molecule has 6 N–H and O–H groups in total. The second-order valence-corrected chi connectivity index (χ2v) is 6.27. The number of halogens is 1. The third-order valence-electron chi connectivity index (χ3n) is 3.44. The first-order valence-corrected chi connectivity index (χ1v) is 8.07. The molecule has 2 aromatic rings. The number of aromatic nitrogens is 4. The number of anilines is 1. The van der Waals surface area contributed by atoms with Crippen molar-refractivity contribution >= 4 is 24.8 Å². The molecule has 4 atom stereocenters. The molecule has 24 heavy (non-hydrogen) atoms. The van der Waals surface area contributed by atoms with Gasteiger partial charge in [0.2, 0.25) is 0 Å². The van der Waals surface area contributed by atoms with E-state index in [1.165, 1.54) is 0 Å². The lowest BCUT2D eigenvalue weighted by molar-refractivity contribution is -0.0504. The van der Waals surface area contributed by atoms with Crippen LogP contribution in [0, 0.1) is 6.08 Å². The summed E-state index contributed by atoms with van der Waals surface area (Å²) >= 11 is 0. The van der Waals surface area contributed by atoms with Crippen molar-refractivity contribution in [2.75, 3.05) is 12.3 Å². The normalized spacial score (nSPS) is 27.9. The highest BCUT2D eigenvalue weighted by Crippen LogP contribution is 2.38. The van der Waals surface area contributed by atoms with Gasteiger partial charge in [0.05, 0.1) is 12.9 Å². The molecule has 0 spiro atoms. The summed E-state index contributed by atoms with van der Waals surface area (Å²) in [7, 11) is -4.78. The van der Waals surface area contributed by atoms with E-state index in [4.69, 9.17) is 20.3 Å². The number of aliphatic hydroxyl groups excluding tert-OH is 2. The molecule has 132 valence electrons. The number of nitrogen functional groups attached to an aromatic ring is 1. The van der Waals surface area contributed by atoms with Crippen LogP contribution < -0.4 is 5.73 Å². The van der Waals surface area contributed by atoms with Crippen LogP contribution in [0.25, 0.3) is 11.2 Å². The fraction of sp³-hybridized carbons (Fsp3) is 0.500. The molecule has 1 aliphatic heterocycles. The second-order valence-electron chi connectivity index (χ2n) is 5.03. The molecule has 0 radical (unpaired) electrons. The SMILES string of the molecule is Nc1nc(F)nc2c1ncn2[C@@H]1O[C@@H](COP(=O)(O)O)[C@H](O)[C@H]1O. The van der Waals surface area contributed by atoms with Crippen molar-refractivity contribution in [3.63, 3.8) is 0 Å². The summed E-state index contributed by atoms with van der Waals surface area (Å²) in [5, 5.41) is 20.0. The molecule has 0 aliphatic carbocycles. The summed E-state index contributed by atoms with van der Waals surface area (Å²) < 4.78 is 34.8. The largest absolute Gasteiger partial charge is 0.469 e. The van der Waals surface area contributed by atoms with Gasteiger partial charge in [-0.25, -0.2) is 9.55 Å². The molecular formula is C10H13FN5O7P. The molecule has 2 aromatic heterocycles. The average Bonchev–Trinajstić information content (AvgIpc) is 3.00. The number of rotatable bonds is 4. The van der Waals surface area contributed by atoms with Gasteiger partial charge in [0.15, 0.2) is 23.2 Å². The van der Waals surface area contributed by atoms with Crippen molar-refractivity contribution in [3.05, 3.63) is 12.4 Å². The lowest BCUT2D eigenvalue weighted by Gasteiger charge is -2.16. The number of ether oxygens (including phenoxy) is 1. The Bertz CT molecular complexity index is 812. The Morgan fingerprint density at radius 3 is 2.75 bits per heavy atom. The Balaban J connectivity index is 1.89. The Kier molecular flexibility index (Phi) is 4.25. The third-order valence-corrected chi connectivity index (χ3v) is 3.92. The van der Waals surface area contributed by atoms with E-state index in [0.717, 1.165) is 10.9 Å². The number of hydrogen-bond donors (Lipinski definition) is 5. The van der Waals surface area contributed by atoms with Gasteiger partial charge in [0.25, 0.3) is 0 Å². The number of nitrogens with zero attached hydrogens (tertiary/aromatic N) is 4. The third kappa shape index (κ3) is 3.10. The lowest BCUT2D eigenvalue weighted by atomic mass is 10.1. The first-order chi connectivity index (χ1) is 11.2. The van der Waals surface area contributed by atoms with Crippen LogP contribution in [0.15, 0.2) is 6.33 Å². The van der Waals surface area contributed by atoms with E-state index < -0.39 is 45.0 Å². The fourth-order valence-corrected chi connectivity index (χ4v) is 2.71. The van der Waals surface area contributed by atoms with E-state index in [1.807, 2.05) is 0 Å². The molecule has 1 aliphatic rings. The number of nitrogens with two attached hydrogens (primary N) is 1. The molecule has 1 fully saturated rings. The van der Waals surface area contributed by atoms with Gasteiger partial charge in [-0.15, -0.1) is 0 Å². The van der Waals surface area contributed by atoms with Gasteiger partial charge in [-0.05, 0) is 0 Å². The molecule has 0 amide bonds. The maximum atomic E-state index is 13.3. The molecule has 3 rings (SSSR count). The second kappa shape index (κ2) is 5.97. The maximum absolute atomic E-state index is 13.3. The zero-order valence-electron chi connectivity index (χ0n) is 11.8. The van der Waals surface area contributed by atoms with Crippen molar-refractivity contribution in [3.8, 4) is 0 Å². The number of hydrogen-bond acceptors (Lipinski definition) is 9. The first kappa shape index (κ1) is 17.1. The molecular weight excluding hydrogens is 352 g/mol. The van der Waals surface area contributed by atoms with Gasteiger partial charge in [-0.1, -0.05) is 0 Å². The van der Waals surface area contributed by atoms with E-state index in [0.29, 0.717) is 0 Å². The van der Waals surface area contributed by atoms with Crippen LogP contribution in [-0.2, 0) is 13.8 Å². The van der Waals surface area contributed by atoms with Crippen LogP contribution >= 0.6 is 7.82 Å². The van der Waals surface area contributed by atoms with Gasteiger partial charge in [0.1, 0.15) is 18.3 Å². The minimum absolute atomic E-state index is 0.0663. The summed E-state index contributed by atoms with van der Waals surface area (Å²) in [4.78, 5) is 28.1. The summed E-state index contributed by atoms with van der Waals surface area (Å²) in [5.41, 5.74) is 5.52. The lowest BCUT2D eigenvalue weighted by Crippen LogP contribution is -2.33. The predicted molar refractivity (Wildman–Crippen MR) is 73.6 cm³/mol. The minimum Gasteiger partial charge on any atom is -0.387 e. The van der Waals surface area contributed by atoms with Crippen molar-refractivity contribution in [1.29, 1.82) is 0 Å². The van der Waals surface area contributed by atoms with Crippen molar-refractivity contribution < 1.29 is 38.2 Å². The van der Waals surface area contributed by atoms with E-state index in [2.05, 4.69) is 19.5 Å². The van der Waals surface area contributed by atoms with Crippen molar-refractivity contribution in [2.24, 2.45) is 0 Å². The van der Waals surface area contributed by atoms with Crippen LogP contribution in [-0.4, -0.2) is 64.4 Å². The molecule has 14 heteroatoms. The van der Waals surface area contributed by atoms with Crippen LogP contribution in [0.1, 0.15) is 6.23 Å². The Labute approximate surface area is 132 Å². The molecule has 1 saturated heterocycles. The Morgan fingerprint density at radius 1 is 1.38 bits per heavy atom. The van der Waals surface area contributed by atoms with Crippen LogP contribution in [0.2, 0.25) is 0 Å². The fourth-order valence-electron chi connectivity index (χ4n) is 2.36. The van der Waals surface area contributed by atoms with Gasteiger partial charge in [0, 0.05) is 0 Å². The van der Waals surface area contributed by atoms with E-state index >= 15 is 0 Å². The number of aliphatic hydroxyl groups is 2. The Hall–Kier alpha value is -1.73. The zero-order valence-corrected chi connectivity index (χ0v) is 12.7. The van der Waals surface area contributed by atoms with Gasteiger partial charge >= 0.3 is 13.9 Å². The molecule has 0 saturated carbocycles. The summed E-state index contributed by atoms with van der Waals surface area (Å²) in [6, 6.07) is 0. The van der Waals surface area contributed by atoms with E-state index in [-0.39, 0.29) is 17.0 Å². The maximum Gasteiger partial charge on any atom is 0.469 e. The molecule has 3 heterocycles. The minimum atomic E-state index is -4.78.